The van der Waals surface area contributed by atoms with Gasteiger partial charge in [0.25, 0.3) is 0 Å². The first-order valence-corrected chi connectivity index (χ1v) is 4.36. The summed E-state index contributed by atoms with van der Waals surface area (Å²) in [5, 5.41) is 3.59. The van der Waals surface area contributed by atoms with Crippen molar-refractivity contribution >= 4 is 17.4 Å². The van der Waals surface area contributed by atoms with Gasteiger partial charge in [-0.25, -0.2) is 4.39 Å². The number of fused-ring (bicyclic) bond motifs is 1. The fraction of sp³-hybridized carbons (Fsp3) is 0.250. The van der Waals surface area contributed by atoms with Gasteiger partial charge < -0.3 is 5.32 Å². The highest BCUT2D eigenvalue weighted by Gasteiger charge is 2.16. The maximum atomic E-state index is 12.6. The summed E-state index contributed by atoms with van der Waals surface area (Å²) in [6.07, 6.45) is 0. The first-order chi connectivity index (χ1) is 5.25. The molecule has 3 heteroatoms. The van der Waals surface area contributed by atoms with Gasteiger partial charge >= 0.3 is 0 Å². The number of anilines is 1. The summed E-state index contributed by atoms with van der Waals surface area (Å²) in [6.45, 7) is 2.06. The largest absolute Gasteiger partial charge is 0.372 e. The zero-order valence-corrected chi connectivity index (χ0v) is 6.91. The van der Waals surface area contributed by atoms with Gasteiger partial charge in [0, 0.05) is 10.6 Å². The van der Waals surface area contributed by atoms with Crippen molar-refractivity contribution in [3.8, 4) is 0 Å². The molecule has 1 atom stereocenters. The molecule has 11 heavy (non-hydrogen) atoms. The SMILES string of the molecule is CC1Nc2ccc(F)cc2S1. The Morgan fingerprint density at radius 3 is 3.18 bits per heavy atom. The molecule has 0 radical (unpaired) electrons. The Kier molecular flexibility index (Phi) is 1.53. The van der Waals surface area contributed by atoms with Crippen molar-refractivity contribution < 1.29 is 4.39 Å². The predicted molar refractivity (Wildman–Crippen MR) is 45.3 cm³/mol. The lowest BCUT2D eigenvalue weighted by atomic mass is 10.3. The topological polar surface area (TPSA) is 12.0 Å². The van der Waals surface area contributed by atoms with Crippen molar-refractivity contribution in [1.29, 1.82) is 0 Å². The molecule has 0 saturated carbocycles. The lowest BCUT2D eigenvalue weighted by Gasteiger charge is -1.99. The number of hydrogen-bond acceptors (Lipinski definition) is 2. The Labute approximate surface area is 69.0 Å². The van der Waals surface area contributed by atoms with Crippen LogP contribution >= 0.6 is 11.8 Å². The van der Waals surface area contributed by atoms with Gasteiger partial charge in [-0.1, -0.05) is 11.8 Å². The van der Waals surface area contributed by atoms with Crippen LogP contribution in [-0.4, -0.2) is 5.37 Å². The van der Waals surface area contributed by atoms with Gasteiger partial charge in [0.05, 0.1) is 5.37 Å². The van der Waals surface area contributed by atoms with Gasteiger partial charge in [-0.05, 0) is 25.1 Å². The number of nitrogens with one attached hydrogen (secondary N) is 1. The Bertz CT molecular complexity index is 287. The minimum Gasteiger partial charge on any atom is -0.372 e. The van der Waals surface area contributed by atoms with Crippen molar-refractivity contribution in [2.24, 2.45) is 0 Å². The van der Waals surface area contributed by atoms with Crippen LogP contribution in [-0.2, 0) is 0 Å². The van der Waals surface area contributed by atoms with Gasteiger partial charge in [-0.3, -0.25) is 0 Å². The van der Waals surface area contributed by atoms with Crippen molar-refractivity contribution in [3.63, 3.8) is 0 Å². The Hall–Kier alpha value is -0.700. The summed E-state index contributed by atoms with van der Waals surface area (Å²) in [5.41, 5.74) is 1.05. The average molecular weight is 169 g/mol. The van der Waals surface area contributed by atoms with E-state index in [9.17, 15) is 4.39 Å². The smallest absolute Gasteiger partial charge is 0.124 e. The molecule has 0 aliphatic carbocycles. The monoisotopic (exact) mass is 169 g/mol. The van der Waals surface area contributed by atoms with Gasteiger partial charge in [0.15, 0.2) is 0 Å². The summed E-state index contributed by atoms with van der Waals surface area (Å²) in [6, 6.07) is 4.82. The summed E-state index contributed by atoms with van der Waals surface area (Å²) in [7, 11) is 0. The van der Waals surface area contributed by atoms with Crippen molar-refractivity contribution in [1.82, 2.24) is 0 Å². The van der Waals surface area contributed by atoms with E-state index in [1.165, 1.54) is 6.07 Å². The molecule has 1 aliphatic rings. The van der Waals surface area contributed by atoms with Crippen LogP contribution in [0.4, 0.5) is 10.1 Å². The molecule has 1 heterocycles. The lowest BCUT2D eigenvalue weighted by molar-refractivity contribution is 0.625. The molecule has 0 amide bonds. The summed E-state index contributed by atoms with van der Waals surface area (Å²) in [5.74, 6) is -0.160. The highest BCUT2D eigenvalue weighted by Crippen LogP contribution is 2.38. The maximum Gasteiger partial charge on any atom is 0.124 e. The Morgan fingerprint density at radius 2 is 2.36 bits per heavy atom. The molecule has 1 aliphatic heterocycles. The number of halogens is 1. The second kappa shape index (κ2) is 2.41. The van der Waals surface area contributed by atoms with Crippen LogP contribution in [0, 0.1) is 5.82 Å². The van der Waals surface area contributed by atoms with Crippen LogP contribution < -0.4 is 5.32 Å². The van der Waals surface area contributed by atoms with Gasteiger partial charge in [0.2, 0.25) is 0 Å². The van der Waals surface area contributed by atoms with E-state index in [-0.39, 0.29) is 5.82 Å². The Morgan fingerprint density at radius 1 is 1.55 bits per heavy atom. The molecule has 0 aromatic heterocycles. The molecule has 1 nitrogen and oxygen atoms in total. The van der Waals surface area contributed by atoms with Crippen LogP contribution in [0.25, 0.3) is 0 Å². The number of hydrogen-bond donors (Lipinski definition) is 1. The second-order valence-electron chi connectivity index (χ2n) is 2.54. The first kappa shape index (κ1) is 6.98. The fourth-order valence-electron chi connectivity index (χ4n) is 1.15. The molecule has 0 spiro atoms. The van der Waals surface area contributed by atoms with Crippen molar-refractivity contribution in [2.75, 3.05) is 5.32 Å². The maximum absolute atomic E-state index is 12.6. The third-order valence-corrected chi connectivity index (χ3v) is 2.67. The Balaban J connectivity index is 2.43. The molecule has 1 aromatic rings. The van der Waals surface area contributed by atoms with Crippen LogP contribution in [0.2, 0.25) is 0 Å². The van der Waals surface area contributed by atoms with Gasteiger partial charge in [-0.15, -0.1) is 0 Å². The van der Waals surface area contributed by atoms with Crippen LogP contribution in [0.5, 0.6) is 0 Å². The third kappa shape index (κ3) is 1.20. The summed E-state index contributed by atoms with van der Waals surface area (Å²) < 4.78 is 12.6. The fourth-order valence-corrected chi connectivity index (χ4v) is 2.15. The lowest BCUT2D eigenvalue weighted by Crippen LogP contribution is -2.02. The molecule has 0 saturated heterocycles. The third-order valence-electron chi connectivity index (χ3n) is 1.61. The van der Waals surface area contributed by atoms with Crippen LogP contribution in [0.15, 0.2) is 23.1 Å². The molecule has 2 rings (SSSR count). The first-order valence-electron chi connectivity index (χ1n) is 3.48. The van der Waals surface area contributed by atoms with E-state index < -0.39 is 0 Å². The normalized spacial score (nSPS) is 21.1. The van der Waals surface area contributed by atoms with E-state index in [1.54, 1.807) is 23.9 Å². The quantitative estimate of drug-likeness (QED) is 0.640. The molecular weight excluding hydrogens is 161 g/mol. The van der Waals surface area contributed by atoms with Crippen LogP contribution in [0.1, 0.15) is 6.92 Å². The van der Waals surface area contributed by atoms with Crippen molar-refractivity contribution in [2.45, 2.75) is 17.2 Å². The molecule has 0 fully saturated rings. The van der Waals surface area contributed by atoms with E-state index >= 15 is 0 Å². The highest BCUT2D eigenvalue weighted by atomic mass is 32.2. The zero-order chi connectivity index (χ0) is 7.84. The van der Waals surface area contributed by atoms with Gasteiger partial charge in [-0.2, -0.15) is 0 Å². The second-order valence-corrected chi connectivity index (χ2v) is 3.93. The molecule has 58 valence electrons. The summed E-state index contributed by atoms with van der Waals surface area (Å²) >= 11 is 1.65. The van der Waals surface area contributed by atoms with E-state index in [1.807, 2.05) is 0 Å². The minimum absolute atomic E-state index is 0.160. The molecule has 1 unspecified atom stereocenters. The van der Waals surface area contributed by atoms with Crippen LogP contribution in [0.3, 0.4) is 0 Å². The number of rotatable bonds is 0. The van der Waals surface area contributed by atoms with Crippen molar-refractivity contribution in [3.05, 3.63) is 24.0 Å². The van der Waals surface area contributed by atoms with E-state index in [0.717, 1.165) is 10.6 Å². The van der Waals surface area contributed by atoms with Gasteiger partial charge in [0.1, 0.15) is 5.82 Å². The number of thioether (sulfide) groups is 1. The molecular formula is C8H8FNS. The number of benzene rings is 1. The zero-order valence-electron chi connectivity index (χ0n) is 6.10. The standard InChI is InChI=1S/C8H8FNS/c1-5-10-7-3-2-6(9)4-8(7)11-5/h2-5,10H,1H3. The average Bonchev–Trinajstić information content (AvgIpc) is 2.27. The predicted octanol–water partition coefficient (Wildman–Crippen LogP) is 2.69. The van der Waals surface area contributed by atoms with E-state index in [0.29, 0.717) is 5.37 Å². The minimum atomic E-state index is -0.160. The highest BCUT2D eigenvalue weighted by molar-refractivity contribution is 8.00. The molecule has 1 N–H and O–H groups in total. The van der Waals surface area contributed by atoms with E-state index in [4.69, 9.17) is 0 Å². The summed E-state index contributed by atoms with van der Waals surface area (Å²) in [4.78, 5) is 1.01. The molecule has 0 bridgehead atoms. The van der Waals surface area contributed by atoms with E-state index in [2.05, 4.69) is 12.2 Å². The molecule has 1 aromatic carbocycles.